The van der Waals surface area contributed by atoms with Crippen molar-refractivity contribution in [3.8, 4) is 16.9 Å². The van der Waals surface area contributed by atoms with Crippen LogP contribution >= 0.6 is 0 Å². The third kappa shape index (κ3) is 2.76. The Hall–Kier alpha value is -3.09. The molecule has 24 heavy (non-hydrogen) atoms. The van der Waals surface area contributed by atoms with Crippen molar-refractivity contribution in [2.24, 2.45) is 0 Å². The van der Waals surface area contributed by atoms with Gasteiger partial charge in [-0.15, -0.1) is 0 Å². The number of anilines is 1. The maximum atomic E-state index is 11.9. The molecule has 7 heteroatoms. The molecule has 1 atom stereocenters. The Balaban J connectivity index is 1.83. The number of carbonyl (C=O) groups excluding carboxylic acids is 1. The van der Waals surface area contributed by atoms with E-state index in [1.807, 2.05) is 43.5 Å². The molecule has 0 radical (unpaired) electrons. The second-order valence-electron chi connectivity index (χ2n) is 5.81. The Morgan fingerprint density at radius 1 is 1.33 bits per heavy atom. The molecule has 0 spiro atoms. The Kier molecular flexibility index (Phi) is 3.53. The summed E-state index contributed by atoms with van der Waals surface area (Å²) in [5.74, 6) is 1.23. The van der Waals surface area contributed by atoms with E-state index in [0.29, 0.717) is 12.3 Å². The van der Waals surface area contributed by atoms with Crippen molar-refractivity contribution in [3.05, 3.63) is 42.7 Å². The van der Waals surface area contributed by atoms with E-state index in [2.05, 4.69) is 20.7 Å². The van der Waals surface area contributed by atoms with Crippen molar-refractivity contribution in [2.75, 3.05) is 18.5 Å². The van der Waals surface area contributed by atoms with Gasteiger partial charge in [0.1, 0.15) is 11.6 Å². The number of hydrogen-bond acceptors (Lipinski definition) is 5. The molecule has 3 aromatic rings. The number of nitrogens with zero attached hydrogens (tertiary/aromatic N) is 3. The summed E-state index contributed by atoms with van der Waals surface area (Å²) in [6.07, 6.45) is 3.65. The molecule has 3 heterocycles. The summed E-state index contributed by atoms with van der Waals surface area (Å²) in [7, 11) is 0. The highest BCUT2D eigenvalue weighted by Gasteiger charge is 2.13. The summed E-state index contributed by atoms with van der Waals surface area (Å²) in [4.78, 5) is 16.6. The van der Waals surface area contributed by atoms with Gasteiger partial charge in [-0.1, -0.05) is 12.1 Å². The molecule has 0 saturated carbocycles. The lowest BCUT2D eigenvalue weighted by Crippen LogP contribution is -2.37. The molecule has 0 aliphatic carbocycles. The van der Waals surface area contributed by atoms with Crippen molar-refractivity contribution in [1.82, 2.24) is 19.9 Å². The second-order valence-corrected chi connectivity index (χ2v) is 5.81. The normalized spacial score (nSPS) is 17.7. The highest BCUT2D eigenvalue weighted by molar-refractivity contribution is 5.79. The van der Waals surface area contributed by atoms with Crippen LogP contribution in [-0.4, -0.2) is 39.7 Å². The van der Waals surface area contributed by atoms with Crippen LogP contribution in [0.5, 0.6) is 5.75 Å². The number of nitrogens with one attached hydrogen (secondary N) is 2. The lowest BCUT2D eigenvalue weighted by molar-refractivity contribution is -0.123. The largest absolute Gasteiger partial charge is 0.484 e. The monoisotopic (exact) mass is 323 g/mol. The average Bonchev–Trinajstić information content (AvgIpc) is 3.01. The van der Waals surface area contributed by atoms with Gasteiger partial charge in [0.2, 0.25) is 0 Å². The van der Waals surface area contributed by atoms with Gasteiger partial charge in [-0.3, -0.25) is 4.79 Å². The van der Waals surface area contributed by atoms with Crippen molar-refractivity contribution >= 4 is 17.4 Å². The average molecular weight is 323 g/mol. The van der Waals surface area contributed by atoms with E-state index in [0.717, 1.165) is 22.6 Å². The predicted octanol–water partition coefficient (Wildman–Crippen LogP) is 1.71. The zero-order chi connectivity index (χ0) is 16.5. The molecule has 1 aliphatic heterocycles. The highest BCUT2D eigenvalue weighted by Crippen LogP contribution is 2.27. The van der Waals surface area contributed by atoms with Gasteiger partial charge in [0.25, 0.3) is 5.91 Å². The Morgan fingerprint density at radius 3 is 3.17 bits per heavy atom. The minimum atomic E-state index is -0.152. The van der Waals surface area contributed by atoms with Crippen molar-refractivity contribution in [3.63, 3.8) is 0 Å². The topological polar surface area (TPSA) is 80.5 Å². The first kappa shape index (κ1) is 14.5. The fourth-order valence-electron chi connectivity index (χ4n) is 2.68. The van der Waals surface area contributed by atoms with Crippen LogP contribution in [0.1, 0.15) is 6.92 Å². The molecule has 4 bridgehead atoms. The SMILES string of the molecule is CC1CNC(=O)COc2cccc(c2)-c2cnn3ccc(nc23)N1. The highest BCUT2D eigenvalue weighted by atomic mass is 16.5. The molecule has 2 N–H and O–H groups in total. The molecule has 4 rings (SSSR count). The number of amides is 1. The molecule has 2 aromatic heterocycles. The number of fused-ring (bicyclic) bond motifs is 4. The van der Waals surface area contributed by atoms with E-state index >= 15 is 0 Å². The standard InChI is InChI=1S/C17H17N5O2/c1-11-8-18-16(23)10-24-13-4-2-3-12(7-13)14-9-19-22-6-5-15(20-11)21-17(14)22/h2-7,9,11H,8,10H2,1H3,(H,18,23)(H,20,21). The third-order valence-corrected chi connectivity index (χ3v) is 3.88. The van der Waals surface area contributed by atoms with Crippen LogP contribution in [0.3, 0.4) is 0 Å². The molecule has 1 aromatic carbocycles. The number of hydrogen-bond donors (Lipinski definition) is 2. The first-order chi connectivity index (χ1) is 11.7. The summed E-state index contributed by atoms with van der Waals surface area (Å²) in [6, 6.07) is 9.49. The van der Waals surface area contributed by atoms with Crippen LogP contribution in [0.15, 0.2) is 42.7 Å². The number of rotatable bonds is 0. The molecule has 1 amide bonds. The minimum Gasteiger partial charge on any atom is -0.484 e. The quantitative estimate of drug-likeness (QED) is 0.658. The summed E-state index contributed by atoms with van der Waals surface area (Å²) in [5, 5.41) is 10.5. The number of carbonyl (C=O) groups is 1. The Labute approximate surface area is 138 Å². The lowest BCUT2D eigenvalue weighted by Gasteiger charge is -2.16. The van der Waals surface area contributed by atoms with Crippen molar-refractivity contribution in [1.29, 1.82) is 0 Å². The molecular weight excluding hydrogens is 306 g/mol. The zero-order valence-corrected chi connectivity index (χ0v) is 13.2. The lowest BCUT2D eigenvalue weighted by atomic mass is 10.1. The fourth-order valence-corrected chi connectivity index (χ4v) is 2.68. The number of benzene rings is 1. The van der Waals surface area contributed by atoms with Gasteiger partial charge in [-0.05, 0) is 30.7 Å². The summed E-state index contributed by atoms with van der Waals surface area (Å²) < 4.78 is 7.33. The smallest absolute Gasteiger partial charge is 0.258 e. The van der Waals surface area contributed by atoms with Crippen molar-refractivity contribution < 1.29 is 9.53 Å². The molecule has 0 saturated heterocycles. The van der Waals surface area contributed by atoms with E-state index in [1.54, 1.807) is 10.7 Å². The third-order valence-electron chi connectivity index (χ3n) is 3.88. The zero-order valence-electron chi connectivity index (χ0n) is 13.2. The Bertz CT molecular complexity index is 905. The van der Waals surface area contributed by atoms with Gasteiger partial charge in [0.05, 0.1) is 6.20 Å². The number of aromatic nitrogens is 3. The van der Waals surface area contributed by atoms with E-state index in [-0.39, 0.29) is 18.6 Å². The minimum absolute atomic E-state index is 0.0108. The second kappa shape index (κ2) is 5.84. The molecule has 122 valence electrons. The molecule has 1 unspecified atom stereocenters. The summed E-state index contributed by atoms with van der Waals surface area (Å²) in [5.41, 5.74) is 2.63. The summed E-state index contributed by atoms with van der Waals surface area (Å²) in [6.45, 7) is 2.46. The summed E-state index contributed by atoms with van der Waals surface area (Å²) >= 11 is 0. The van der Waals surface area contributed by atoms with E-state index < -0.39 is 0 Å². The van der Waals surface area contributed by atoms with Gasteiger partial charge in [0.15, 0.2) is 12.3 Å². The van der Waals surface area contributed by atoms with Crippen LogP contribution in [0.25, 0.3) is 16.8 Å². The van der Waals surface area contributed by atoms with Crippen LogP contribution < -0.4 is 15.4 Å². The van der Waals surface area contributed by atoms with Crippen LogP contribution in [-0.2, 0) is 4.79 Å². The van der Waals surface area contributed by atoms with Gasteiger partial charge in [-0.2, -0.15) is 5.10 Å². The van der Waals surface area contributed by atoms with Gasteiger partial charge >= 0.3 is 0 Å². The van der Waals surface area contributed by atoms with E-state index in [1.165, 1.54) is 0 Å². The molecule has 1 aliphatic rings. The van der Waals surface area contributed by atoms with Gasteiger partial charge in [0, 0.05) is 24.3 Å². The van der Waals surface area contributed by atoms with Gasteiger partial charge in [-0.25, -0.2) is 9.50 Å². The fraction of sp³-hybridized carbons (Fsp3) is 0.235. The van der Waals surface area contributed by atoms with Gasteiger partial charge < -0.3 is 15.4 Å². The molecule has 0 fully saturated rings. The van der Waals surface area contributed by atoms with Crippen LogP contribution in [0.4, 0.5) is 5.82 Å². The predicted molar refractivity (Wildman–Crippen MR) is 90.0 cm³/mol. The first-order valence-electron chi connectivity index (χ1n) is 7.80. The first-order valence-corrected chi connectivity index (χ1v) is 7.80. The van der Waals surface area contributed by atoms with Crippen molar-refractivity contribution in [2.45, 2.75) is 13.0 Å². The van der Waals surface area contributed by atoms with E-state index in [4.69, 9.17) is 4.74 Å². The maximum Gasteiger partial charge on any atom is 0.258 e. The maximum absolute atomic E-state index is 11.9. The van der Waals surface area contributed by atoms with E-state index in [9.17, 15) is 4.79 Å². The number of ether oxygens (including phenoxy) is 1. The van der Waals surface area contributed by atoms with Crippen LogP contribution in [0, 0.1) is 0 Å². The molecule has 7 nitrogen and oxygen atoms in total. The molecular formula is C17H17N5O2. The Morgan fingerprint density at radius 2 is 2.25 bits per heavy atom. The van der Waals surface area contributed by atoms with Crippen LogP contribution in [0.2, 0.25) is 0 Å².